The van der Waals surface area contributed by atoms with Gasteiger partial charge >= 0.3 is 0 Å². The van der Waals surface area contributed by atoms with Crippen LogP contribution in [0.25, 0.3) is 0 Å². The van der Waals surface area contributed by atoms with Crippen LogP contribution in [0.1, 0.15) is 59.3 Å². The number of likely N-dealkylation sites (tertiary alicyclic amines) is 1. The monoisotopic (exact) mass is 236 g/mol. The van der Waals surface area contributed by atoms with Gasteiger partial charge in [0.25, 0.3) is 0 Å². The Labute approximate surface area is 107 Å². The summed E-state index contributed by atoms with van der Waals surface area (Å²) in [5, 5.41) is 8.94. The van der Waals surface area contributed by atoms with E-state index in [2.05, 4.69) is 17.9 Å². The molecule has 1 saturated heterocycles. The Morgan fingerprint density at radius 3 is 2.76 bits per heavy atom. The van der Waals surface area contributed by atoms with Gasteiger partial charge in [-0.2, -0.15) is 5.26 Å². The average molecular weight is 236 g/mol. The van der Waals surface area contributed by atoms with E-state index in [9.17, 15) is 0 Å². The fraction of sp³-hybridized carbons (Fsp3) is 0.933. The third-order valence-electron chi connectivity index (χ3n) is 3.90. The molecule has 0 aromatic carbocycles. The predicted molar refractivity (Wildman–Crippen MR) is 72.7 cm³/mol. The van der Waals surface area contributed by atoms with Gasteiger partial charge in [-0.3, -0.25) is 0 Å². The molecule has 0 N–H and O–H groups in total. The Morgan fingerprint density at radius 1 is 1.35 bits per heavy atom. The summed E-state index contributed by atoms with van der Waals surface area (Å²) in [6, 6.07) is 2.38. The zero-order valence-corrected chi connectivity index (χ0v) is 11.8. The van der Waals surface area contributed by atoms with E-state index < -0.39 is 0 Å². The summed E-state index contributed by atoms with van der Waals surface area (Å²) < 4.78 is 0. The number of nitriles is 1. The van der Waals surface area contributed by atoms with Crippen molar-refractivity contribution in [3.8, 4) is 6.07 Å². The molecule has 0 spiro atoms. The minimum Gasteiger partial charge on any atom is -0.303 e. The lowest BCUT2D eigenvalue weighted by Gasteiger charge is -2.18. The van der Waals surface area contributed by atoms with E-state index in [4.69, 9.17) is 5.26 Å². The van der Waals surface area contributed by atoms with Crippen molar-refractivity contribution in [3.05, 3.63) is 0 Å². The topological polar surface area (TPSA) is 27.0 Å². The van der Waals surface area contributed by atoms with Gasteiger partial charge in [-0.1, -0.05) is 19.8 Å². The molecule has 1 heterocycles. The number of nitrogens with zero attached hydrogens (tertiary/aromatic N) is 2. The smallest absolute Gasteiger partial charge is 0.0683 e. The van der Waals surface area contributed by atoms with E-state index in [0.717, 1.165) is 12.3 Å². The highest BCUT2D eigenvalue weighted by Gasteiger charge is 2.21. The number of hydrogen-bond donors (Lipinski definition) is 0. The molecule has 0 saturated carbocycles. The van der Waals surface area contributed by atoms with Gasteiger partial charge in [-0.15, -0.1) is 0 Å². The second kappa shape index (κ2) is 7.01. The Kier molecular flexibility index (Phi) is 5.98. The van der Waals surface area contributed by atoms with Crippen LogP contribution in [0.2, 0.25) is 0 Å². The van der Waals surface area contributed by atoms with Crippen LogP contribution in [0.15, 0.2) is 0 Å². The lowest BCUT2D eigenvalue weighted by Crippen LogP contribution is -2.22. The highest BCUT2D eigenvalue weighted by atomic mass is 15.1. The van der Waals surface area contributed by atoms with Crippen LogP contribution in [0.5, 0.6) is 0 Å². The van der Waals surface area contributed by atoms with Crippen LogP contribution in [0.3, 0.4) is 0 Å². The maximum atomic E-state index is 8.94. The van der Waals surface area contributed by atoms with Crippen LogP contribution in [0.4, 0.5) is 0 Å². The minimum atomic E-state index is -0.129. The Hall–Kier alpha value is -0.550. The third kappa shape index (κ3) is 5.55. The molecule has 2 heteroatoms. The van der Waals surface area contributed by atoms with E-state index in [1.54, 1.807) is 0 Å². The molecule has 1 aliphatic heterocycles. The first-order chi connectivity index (χ1) is 8.07. The van der Waals surface area contributed by atoms with Crippen LogP contribution in [-0.2, 0) is 0 Å². The van der Waals surface area contributed by atoms with E-state index in [1.807, 2.05) is 13.8 Å². The second-order valence-corrected chi connectivity index (χ2v) is 6.20. The molecule has 1 aliphatic rings. The first-order valence-electron chi connectivity index (χ1n) is 7.21. The van der Waals surface area contributed by atoms with Gasteiger partial charge in [0.2, 0.25) is 0 Å². The Bertz CT molecular complexity index is 252. The van der Waals surface area contributed by atoms with Crippen molar-refractivity contribution >= 4 is 0 Å². The van der Waals surface area contributed by atoms with E-state index in [0.29, 0.717) is 0 Å². The highest BCUT2D eigenvalue weighted by molar-refractivity contribution is 4.91. The fourth-order valence-corrected chi connectivity index (χ4v) is 2.72. The SMILES string of the molecule is CCCC1CCN(CCCCC(C)(C)C#N)C1. The van der Waals surface area contributed by atoms with Crippen molar-refractivity contribution in [1.82, 2.24) is 4.90 Å². The van der Waals surface area contributed by atoms with E-state index in [1.165, 1.54) is 51.7 Å². The van der Waals surface area contributed by atoms with Crippen LogP contribution in [-0.4, -0.2) is 24.5 Å². The zero-order chi connectivity index (χ0) is 12.7. The summed E-state index contributed by atoms with van der Waals surface area (Å²) in [7, 11) is 0. The van der Waals surface area contributed by atoms with Crippen LogP contribution in [0, 0.1) is 22.7 Å². The van der Waals surface area contributed by atoms with E-state index in [-0.39, 0.29) is 5.41 Å². The van der Waals surface area contributed by atoms with Crippen LogP contribution >= 0.6 is 0 Å². The molecule has 0 amide bonds. The van der Waals surface area contributed by atoms with Crippen molar-refractivity contribution in [2.45, 2.75) is 59.3 Å². The van der Waals surface area contributed by atoms with Crippen molar-refractivity contribution in [2.75, 3.05) is 19.6 Å². The lowest BCUT2D eigenvalue weighted by molar-refractivity contribution is 0.303. The summed E-state index contributed by atoms with van der Waals surface area (Å²) >= 11 is 0. The maximum absolute atomic E-state index is 8.94. The molecule has 1 rings (SSSR count). The molecule has 0 aromatic rings. The normalized spacial score (nSPS) is 21.6. The molecule has 2 nitrogen and oxygen atoms in total. The summed E-state index contributed by atoms with van der Waals surface area (Å²) in [6.07, 6.45) is 7.61. The van der Waals surface area contributed by atoms with Crippen molar-refractivity contribution < 1.29 is 0 Å². The number of unbranched alkanes of at least 4 members (excludes halogenated alkanes) is 1. The van der Waals surface area contributed by atoms with Crippen molar-refractivity contribution in [1.29, 1.82) is 5.26 Å². The van der Waals surface area contributed by atoms with Gasteiger partial charge < -0.3 is 4.90 Å². The van der Waals surface area contributed by atoms with Crippen molar-refractivity contribution in [2.24, 2.45) is 11.3 Å². The molecule has 98 valence electrons. The maximum Gasteiger partial charge on any atom is 0.0683 e. The largest absolute Gasteiger partial charge is 0.303 e. The molecule has 0 bridgehead atoms. The fourth-order valence-electron chi connectivity index (χ4n) is 2.72. The quantitative estimate of drug-likeness (QED) is 0.628. The van der Waals surface area contributed by atoms with Gasteiger partial charge in [-0.25, -0.2) is 0 Å². The summed E-state index contributed by atoms with van der Waals surface area (Å²) in [5.41, 5.74) is -0.129. The molecule has 0 aliphatic carbocycles. The molecule has 1 atom stereocenters. The molecule has 0 radical (unpaired) electrons. The Balaban J connectivity index is 2.07. The predicted octanol–water partition coefficient (Wildman–Crippen LogP) is 3.83. The first-order valence-corrected chi connectivity index (χ1v) is 7.21. The summed E-state index contributed by atoms with van der Waals surface area (Å²) in [6.45, 7) is 10.2. The molecular weight excluding hydrogens is 208 g/mol. The first kappa shape index (κ1) is 14.5. The molecule has 0 aromatic heterocycles. The standard InChI is InChI=1S/C15H28N2/c1-4-7-14-8-11-17(12-14)10-6-5-9-15(2,3)13-16/h14H,4-12H2,1-3H3. The molecular formula is C15H28N2. The van der Waals surface area contributed by atoms with Gasteiger partial charge in [-0.05, 0) is 58.5 Å². The van der Waals surface area contributed by atoms with Gasteiger partial charge in [0.05, 0.1) is 11.5 Å². The summed E-state index contributed by atoms with van der Waals surface area (Å²) in [5.74, 6) is 0.954. The van der Waals surface area contributed by atoms with Gasteiger partial charge in [0, 0.05) is 6.54 Å². The number of rotatable bonds is 7. The Morgan fingerprint density at radius 2 is 2.12 bits per heavy atom. The second-order valence-electron chi connectivity index (χ2n) is 6.20. The van der Waals surface area contributed by atoms with Gasteiger partial charge in [0.15, 0.2) is 0 Å². The third-order valence-corrected chi connectivity index (χ3v) is 3.90. The zero-order valence-electron chi connectivity index (χ0n) is 11.8. The van der Waals surface area contributed by atoms with E-state index >= 15 is 0 Å². The average Bonchev–Trinajstić information content (AvgIpc) is 2.73. The number of hydrogen-bond acceptors (Lipinski definition) is 2. The lowest BCUT2D eigenvalue weighted by atomic mass is 9.89. The molecule has 1 unspecified atom stereocenters. The minimum absolute atomic E-state index is 0.129. The molecule has 17 heavy (non-hydrogen) atoms. The van der Waals surface area contributed by atoms with Crippen molar-refractivity contribution in [3.63, 3.8) is 0 Å². The highest BCUT2D eigenvalue weighted by Crippen LogP contribution is 2.24. The molecule has 1 fully saturated rings. The summed E-state index contributed by atoms with van der Waals surface area (Å²) in [4.78, 5) is 2.61. The van der Waals surface area contributed by atoms with Crippen LogP contribution < -0.4 is 0 Å². The van der Waals surface area contributed by atoms with Gasteiger partial charge in [0.1, 0.15) is 0 Å².